The van der Waals surface area contributed by atoms with Crippen LogP contribution in [0.5, 0.6) is 0 Å². The number of carboxylic acid groups (broad SMARTS) is 1. The second-order valence-electron chi connectivity index (χ2n) is 4.72. The Morgan fingerprint density at radius 1 is 1.48 bits per heavy atom. The number of anilines is 1. The number of aliphatic carboxylic acids is 1. The second kappa shape index (κ2) is 7.03. The molecule has 1 aromatic rings. The van der Waals surface area contributed by atoms with Gasteiger partial charge in [0, 0.05) is 24.7 Å². The van der Waals surface area contributed by atoms with E-state index in [4.69, 9.17) is 9.84 Å². The van der Waals surface area contributed by atoms with Crippen molar-refractivity contribution in [2.75, 3.05) is 31.2 Å². The lowest BCUT2D eigenvalue weighted by Crippen LogP contribution is -2.37. The van der Waals surface area contributed by atoms with Gasteiger partial charge in [0.2, 0.25) is 0 Å². The molecule has 0 aliphatic carbocycles. The molecule has 7 nitrogen and oxygen atoms in total. The van der Waals surface area contributed by atoms with Gasteiger partial charge in [-0.25, -0.2) is 9.48 Å². The van der Waals surface area contributed by atoms with Gasteiger partial charge in [-0.3, -0.25) is 4.79 Å². The molecule has 0 saturated carbocycles. The van der Waals surface area contributed by atoms with E-state index in [2.05, 4.69) is 5.10 Å². The first-order valence-electron chi connectivity index (χ1n) is 6.94. The molecular weight excluding hydrogens is 274 g/mol. The third kappa shape index (κ3) is 3.91. The number of morpholine rings is 1. The highest BCUT2D eigenvalue weighted by Gasteiger charge is 2.12. The standard InChI is InChI=1S/C14H19N3O4/c1-2-11(14(19)20)3-4-17-13(18)9-12(10-15-17)16-5-7-21-8-6-16/h3,9-10H,2,4-8H2,1H3,(H,19,20). The quantitative estimate of drug-likeness (QED) is 0.796. The molecule has 2 rings (SSSR count). The third-order valence-electron chi connectivity index (χ3n) is 3.40. The Bertz CT molecular complexity index is 588. The van der Waals surface area contributed by atoms with Crippen molar-refractivity contribution in [1.29, 1.82) is 0 Å². The molecular formula is C14H19N3O4. The van der Waals surface area contributed by atoms with Gasteiger partial charge in [-0.15, -0.1) is 0 Å². The number of allylic oxidation sites excluding steroid dienone is 1. The van der Waals surface area contributed by atoms with Gasteiger partial charge in [0.1, 0.15) is 0 Å². The smallest absolute Gasteiger partial charge is 0.331 e. The number of carboxylic acids is 1. The Labute approximate surface area is 122 Å². The Kier molecular flexibility index (Phi) is 5.10. The van der Waals surface area contributed by atoms with Crippen molar-refractivity contribution in [2.45, 2.75) is 19.9 Å². The predicted molar refractivity (Wildman–Crippen MR) is 77.5 cm³/mol. The van der Waals surface area contributed by atoms with Gasteiger partial charge in [-0.2, -0.15) is 5.10 Å². The molecule has 114 valence electrons. The van der Waals surface area contributed by atoms with E-state index in [1.807, 2.05) is 4.90 Å². The Balaban J connectivity index is 2.12. The molecule has 1 aromatic heterocycles. The van der Waals surface area contributed by atoms with Gasteiger partial charge < -0.3 is 14.7 Å². The summed E-state index contributed by atoms with van der Waals surface area (Å²) in [6.07, 6.45) is 3.56. The number of hydrogen-bond donors (Lipinski definition) is 1. The molecule has 0 aromatic carbocycles. The van der Waals surface area contributed by atoms with E-state index < -0.39 is 5.97 Å². The molecule has 0 bridgehead atoms. The minimum absolute atomic E-state index is 0.164. The molecule has 0 unspecified atom stereocenters. The van der Waals surface area contributed by atoms with E-state index in [1.165, 1.54) is 16.8 Å². The molecule has 2 heterocycles. The van der Waals surface area contributed by atoms with E-state index in [0.717, 1.165) is 18.8 Å². The lowest BCUT2D eigenvalue weighted by Gasteiger charge is -2.28. The largest absolute Gasteiger partial charge is 0.478 e. The third-order valence-corrected chi connectivity index (χ3v) is 3.40. The van der Waals surface area contributed by atoms with Crippen molar-refractivity contribution in [3.63, 3.8) is 0 Å². The van der Waals surface area contributed by atoms with Crippen molar-refractivity contribution in [3.05, 3.63) is 34.3 Å². The van der Waals surface area contributed by atoms with Crippen LogP contribution in [0.15, 0.2) is 28.7 Å². The van der Waals surface area contributed by atoms with Crippen LogP contribution in [-0.2, 0) is 16.1 Å². The van der Waals surface area contributed by atoms with Crippen LogP contribution >= 0.6 is 0 Å². The maximum absolute atomic E-state index is 12.0. The number of hydrogen-bond acceptors (Lipinski definition) is 5. The second-order valence-corrected chi connectivity index (χ2v) is 4.72. The zero-order valence-electron chi connectivity index (χ0n) is 12.0. The molecule has 1 aliphatic heterocycles. The molecule has 0 spiro atoms. The molecule has 1 N–H and O–H groups in total. The van der Waals surface area contributed by atoms with Crippen LogP contribution in [0.3, 0.4) is 0 Å². The van der Waals surface area contributed by atoms with Gasteiger partial charge in [-0.05, 0) is 6.42 Å². The van der Waals surface area contributed by atoms with E-state index in [-0.39, 0.29) is 17.7 Å². The highest BCUT2D eigenvalue weighted by atomic mass is 16.5. The molecule has 0 atom stereocenters. The number of carbonyl (C=O) groups is 1. The number of nitrogens with zero attached hydrogens (tertiary/aromatic N) is 3. The molecule has 0 radical (unpaired) electrons. The monoisotopic (exact) mass is 293 g/mol. The van der Waals surface area contributed by atoms with Crippen molar-refractivity contribution < 1.29 is 14.6 Å². The highest BCUT2D eigenvalue weighted by Crippen LogP contribution is 2.11. The van der Waals surface area contributed by atoms with Crippen LogP contribution in [-0.4, -0.2) is 47.2 Å². The summed E-state index contributed by atoms with van der Waals surface area (Å²) in [4.78, 5) is 25.0. The summed E-state index contributed by atoms with van der Waals surface area (Å²) in [5.41, 5.74) is 0.814. The van der Waals surface area contributed by atoms with Crippen LogP contribution < -0.4 is 10.5 Å². The van der Waals surface area contributed by atoms with Crippen LogP contribution in [0.25, 0.3) is 0 Å². The van der Waals surface area contributed by atoms with Crippen molar-refractivity contribution >= 4 is 11.7 Å². The molecule has 1 fully saturated rings. The van der Waals surface area contributed by atoms with Crippen molar-refractivity contribution in [2.24, 2.45) is 0 Å². The number of rotatable bonds is 5. The fourth-order valence-corrected chi connectivity index (χ4v) is 2.14. The lowest BCUT2D eigenvalue weighted by atomic mass is 10.2. The topological polar surface area (TPSA) is 84.7 Å². The Morgan fingerprint density at radius 3 is 2.76 bits per heavy atom. The average molecular weight is 293 g/mol. The summed E-state index contributed by atoms with van der Waals surface area (Å²) in [6.45, 7) is 4.69. The average Bonchev–Trinajstić information content (AvgIpc) is 2.49. The maximum atomic E-state index is 12.0. The first-order valence-corrected chi connectivity index (χ1v) is 6.94. The van der Waals surface area contributed by atoms with Crippen LogP contribution in [0.1, 0.15) is 13.3 Å². The molecule has 1 aliphatic rings. The fraction of sp³-hybridized carbons (Fsp3) is 0.500. The molecule has 21 heavy (non-hydrogen) atoms. The maximum Gasteiger partial charge on any atom is 0.331 e. The number of ether oxygens (including phenoxy) is 1. The lowest BCUT2D eigenvalue weighted by molar-refractivity contribution is -0.132. The summed E-state index contributed by atoms with van der Waals surface area (Å²) in [5.74, 6) is -0.963. The van der Waals surface area contributed by atoms with Gasteiger partial charge in [0.15, 0.2) is 0 Å². The van der Waals surface area contributed by atoms with Gasteiger partial charge in [-0.1, -0.05) is 13.0 Å². The fourth-order valence-electron chi connectivity index (χ4n) is 2.14. The van der Waals surface area contributed by atoms with Gasteiger partial charge >= 0.3 is 5.97 Å². The van der Waals surface area contributed by atoms with Crippen molar-refractivity contribution in [3.8, 4) is 0 Å². The highest BCUT2D eigenvalue weighted by molar-refractivity contribution is 5.86. The first-order chi connectivity index (χ1) is 10.1. The molecule has 1 saturated heterocycles. The minimum Gasteiger partial charge on any atom is -0.478 e. The molecule has 0 amide bonds. The van der Waals surface area contributed by atoms with Crippen LogP contribution in [0, 0.1) is 0 Å². The Hall–Kier alpha value is -2.15. The SMILES string of the molecule is CCC(=CCn1ncc(N2CCOCC2)cc1=O)C(=O)O. The zero-order chi connectivity index (χ0) is 15.2. The van der Waals surface area contributed by atoms with Crippen molar-refractivity contribution in [1.82, 2.24) is 9.78 Å². The Morgan fingerprint density at radius 2 is 2.19 bits per heavy atom. The van der Waals surface area contributed by atoms with E-state index in [0.29, 0.717) is 19.6 Å². The van der Waals surface area contributed by atoms with Gasteiger partial charge in [0.05, 0.1) is 31.6 Å². The van der Waals surface area contributed by atoms with Crippen LogP contribution in [0.4, 0.5) is 5.69 Å². The van der Waals surface area contributed by atoms with Crippen LogP contribution in [0.2, 0.25) is 0 Å². The zero-order valence-corrected chi connectivity index (χ0v) is 12.0. The minimum atomic E-state index is -0.963. The summed E-state index contributed by atoms with van der Waals surface area (Å²) in [5, 5.41) is 13.0. The normalized spacial score (nSPS) is 16.0. The van der Waals surface area contributed by atoms with E-state index in [1.54, 1.807) is 13.1 Å². The number of aromatic nitrogens is 2. The van der Waals surface area contributed by atoms with E-state index >= 15 is 0 Å². The molecule has 7 heteroatoms. The first kappa shape index (κ1) is 15.2. The predicted octanol–water partition coefficient (Wildman–Crippen LogP) is 0.501. The van der Waals surface area contributed by atoms with Gasteiger partial charge in [0.25, 0.3) is 5.56 Å². The summed E-state index contributed by atoms with van der Waals surface area (Å²) < 4.78 is 6.52. The summed E-state index contributed by atoms with van der Waals surface area (Å²) in [6, 6.07) is 1.53. The van der Waals surface area contributed by atoms with E-state index in [9.17, 15) is 9.59 Å². The summed E-state index contributed by atoms with van der Waals surface area (Å²) in [7, 11) is 0. The summed E-state index contributed by atoms with van der Waals surface area (Å²) >= 11 is 0.